The number of carbonyl (C=O) groups is 1. The fourth-order valence-corrected chi connectivity index (χ4v) is 3.52. The Morgan fingerprint density at radius 3 is 2.25 bits per heavy atom. The summed E-state index contributed by atoms with van der Waals surface area (Å²) in [6, 6.07) is 15.9. The van der Waals surface area contributed by atoms with E-state index in [1.807, 2.05) is 30.3 Å². The molecule has 1 unspecified atom stereocenters. The topological polar surface area (TPSA) is 64.8 Å². The van der Waals surface area contributed by atoms with Crippen molar-refractivity contribution in [3.8, 4) is 11.5 Å². The molecule has 28 heavy (non-hydrogen) atoms. The largest absolute Gasteiger partial charge is 0.496 e. The normalized spacial score (nSPS) is 17.4. The van der Waals surface area contributed by atoms with Crippen LogP contribution in [0.4, 0.5) is 0 Å². The van der Waals surface area contributed by atoms with Gasteiger partial charge in [-0.05, 0) is 51.4 Å². The summed E-state index contributed by atoms with van der Waals surface area (Å²) in [5.41, 5.74) is 8.03. The summed E-state index contributed by atoms with van der Waals surface area (Å²) in [5, 5.41) is 0. The molecular formula is C23H32N2O3. The number of benzene rings is 2. The highest BCUT2D eigenvalue weighted by molar-refractivity contribution is 5.96. The van der Waals surface area contributed by atoms with E-state index in [2.05, 4.69) is 17.9 Å². The molecule has 2 atom stereocenters. The van der Waals surface area contributed by atoms with Crippen LogP contribution in [0, 0.1) is 0 Å². The van der Waals surface area contributed by atoms with Crippen molar-refractivity contribution < 1.29 is 14.3 Å². The first-order valence-corrected chi connectivity index (χ1v) is 9.74. The maximum atomic E-state index is 10.9. The summed E-state index contributed by atoms with van der Waals surface area (Å²) in [4.78, 5) is 13.4. The van der Waals surface area contributed by atoms with Crippen LogP contribution in [0.15, 0.2) is 48.5 Å². The van der Waals surface area contributed by atoms with Crippen LogP contribution in [0.2, 0.25) is 0 Å². The van der Waals surface area contributed by atoms with Crippen LogP contribution in [0.1, 0.15) is 48.7 Å². The van der Waals surface area contributed by atoms with Crippen molar-refractivity contribution in [1.82, 2.24) is 4.90 Å². The van der Waals surface area contributed by atoms with Gasteiger partial charge in [0.1, 0.15) is 11.5 Å². The number of rotatable bonds is 6. The number of hydrogen-bond donors (Lipinski definition) is 1. The summed E-state index contributed by atoms with van der Waals surface area (Å²) < 4.78 is 10.3. The first-order chi connectivity index (χ1) is 13.5. The van der Waals surface area contributed by atoms with Crippen molar-refractivity contribution in [2.24, 2.45) is 5.73 Å². The quantitative estimate of drug-likeness (QED) is 0.761. The molecule has 1 aliphatic heterocycles. The number of nitrogens with zero attached hydrogens (tertiary/aromatic N) is 1. The molecule has 0 aromatic heterocycles. The van der Waals surface area contributed by atoms with E-state index in [0.717, 1.165) is 17.9 Å². The van der Waals surface area contributed by atoms with E-state index in [4.69, 9.17) is 15.2 Å². The van der Waals surface area contributed by atoms with Crippen molar-refractivity contribution in [3.63, 3.8) is 0 Å². The Kier molecular flexibility index (Phi) is 8.48. The molecule has 0 bridgehead atoms. The monoisotopic (exact) mass is 384 g/mol. The van der Waals surface area contributed by atoms with Gasteiger partial charge in [0.05, 0.1) is 19.8 Å². The number of Topliss-reactive ketones (excluding diaryl/α,β-unsaturated/α-hetero) is 1. The zero-order valence-electron chi connectivity index (χ0n) is 17.4. The Morgan fingerprint density at radius 2 is 1.71 bits per heavy atom. The first kappa shape index (κ1) is 21.9. The van der Waals surface area contributed by atoms with Gasteiger partial charge >= 0.3 is 0 Å². The Bertz CT molecular complexity index is 763. The predicted octanol–water partition coefficient (Wildman–Crippen LogP) is 4.08. The Balaban J connectivity index is 0.000000221. The van der Waals surface area contributed by atoms with Gasteiger partial charge in [0.15, 0.2) is 5.78 Å². The third kappa shape index (κ3) is 5.81. The van der Waals surface area contributed by atoms with Gasteiger partial charge in [0.25, 0.3) is 0 Å². The van der Waals surface area contributed by atoms with Gasteiger partial charge in [0.2, 0.25) is 0 Å². The molecule has 5 heteroatoms. The molecule has 2 aromatic rings. The van der Waals surface area contributed by atoms with Crippen molar-refractivity contribution >= 4 is 5.78 Å². The second-order valence-electron chi connectivity index (χ2n) is 7.09. The average molecular weight is 385 g/mol. The fraction of sp³-hybridized carbons (Fsp3) is 0.435. The third-order valence-electron chi connectivity index (χ3n) is 5.15. The Morgan fingerprint density at radius 1 is 1.11 bits per heavy atom. The minimum Gasteiger partial charge on any atom is -0.496 e. The van der Waals surface area contributed by atoms with E-state index >= 15 is 0 Å². The van der Waals surface area contributed by atoms with Gasteiger partial charge in [-0.1, -0.05) is 30.3 Å². The van der Waals surface area contributed by atoms with Gasteiger partial charge in [-0.2, -0.15) is 0 Å². The number of likely N-dealkylation sites (tertiary alicyclic amines) is 1. The lowest BCUT2D eigenvalue weighted by Crippen LogP contribution is -2.34. The van der Waals surface area contributed by atoms with Gasteiger partial charge in [-0.15, -0.1) is 0 Å². The second kappa shape index (κ2) is 10.8. The van der Waals surface area contributed by atoms with Crippen LogP contribution in [0.3, 0.4) is 0 Å². The molecule has 1 fully saturated rings. The maximum absolute atomic E-state index is 10.9. The van der Waals surface area contributed by atoms with Gasteiger partial charge in [0, 0.05) is 24.2 Å². The predicted molar refractivity (Wildman–Crippen MR) is 113 cm³/mol. The molecule has 0 spiro atoms. The van der Waals surface area contributed by atoms with Crippen molar-refractivity contribution in [3.05, 3.63) is 59.7 Å². The van der Waals surface area contributed by atoms with E-state index in [9.17, 15) is 4.79 Å². The van der Waals surface area contributed by atoms with Crippen LogP contribution >= 0.6 is 0 Å². The van der Waals surface area contributed by atoms with E-state index in [1.165, 1.54) is 26.3 Å². The Labute approximate surface area is 168 Å². The highest BCUT2D eigenvalue weighted by Crippen LogP contribution is 2.26. The number of ketones is 1. The molecule has 2 aromatic carbocycles. The molecular weight excluding hydrogens is 352 g/mol. The molecule has 0 aliphatic carbocycles. The number of carbonyl (C=O) groups excluding carboxylic acids is 1. The molecule has 1 heterocycles. The molecule has 0 saturated carbocycles. The van der Waals surface area contributed by atoms with Crippen LogP contribution < -0.4 is 15.2 Å². The molecule has 3 rings (SSSR count). The third-order valence-corrected chi connectivity index (χ3v) is 5.15. The van der Waals surface area contributed by atoms with Crippen molar-refractivity contribution in [2.45, 2.75) is 38.8 Å². The zero-order chi connectivity index (χ0) is 20.5. The van der Waals surface area contributed by atoms with E-state index < -0.39 is 0 Å². The summed E-state index contributed by atoms with van der Waals surface area (Å²) in [6.07, 6.45) is 2.58. The first-order valence-electron chi connectivity index (χ1n) is 9.74. The van der Waals surface area contributed by atoms with Gasteiger partial charge in [-0.3, -0.25) is 9.69 Å². The minimum absolute atomic E-state index is 0.0300. The van der Waals surface area contributed by atoms with Crippen LogP contribution in [0.5, 0.6) is 11.5 Å². The van der Waals surface area contributed by atoms with Crippen LogP contribution in [0.25, 0.3) is 0 Å². The summed E-state index contributed by atoms with van der Waals surface area (Å²) >= 11 is 0. The SMILES string of the molecule is COc1ccccc1C(C)=O.COc1ccccc1[C@H](N)CN1CCCC1C. The standard InChI is InChI=1S/C14H22N2O.C9H10O2/c1-11-6-5-9-16(11)10-13(15)12-7-3-4-8-14(12)17-2;1-7(10)8-5-3-4-6-9(8)11-2/h3-4,7-8,11,13H,5-6,9-10,15H2,1-2H3;3-6H,1-2H3/t11?,13-;/m1./s1. The highest BCUT2D eigenvalue weighted by atomic mass is 16.5. The zero-order valence-corrected chi connectivity index (χ0v) is 17.4. The van der Waals surface area contributed by atoms with Crippen molar-refractivity contribution in [1.29, 1.82) is 0 Å². The van der Waals surface area contributed by atoms with Crippen LogP contribution in [-0.4, -0.2) is 44.0 Å². The second-order valence-corrected chi connectivity index (χ2v) is 7.09. The smallest absolute Gasteiger partial charge is 0.163 e. The summed E-state index contributed by atoms with van der Waals surface area (Å²) in [5.74, 6) is 1.56. The number of hydrogen-bond acceptors (Lipinski definition) is 5. The van der Waals surface area contributed by atoms with Crippen molar-refractivity contribution in [2.75, 3.05) is 27.3 Å². The summed E-state index contributed by atoms with van der Waals surface area (Å²) in [6.45, 7) is 5.89. The molecule has 1 aliphatic rings. The lowest BCUT2D eigenvalue weighted by atomic mass is 10.1. The number of para-hydroxylation sites is 2. The molecule has 152 valence electrons. The number of methoxy groups -OCH3 is 2. The van der Waals surface area contributed by atoms with Gasteiger partial charge < -0.3 is 15.2 Å². The molecule has 0 amide bonds. The van der Waals surface area contributed by atoms with E-state index in [-0.39, 0.29) is 11.8 Å². The fourth-order valence-electron chi connectivity index (χ4n) is 3.52. The minimum atomic E-state index is 0.0300. The van der Waals surface area contributed by atoms with Crippen LogP contribution in [-0.2, 0) is 0 Å². The molecule has 5 nitrogen and oxygen atoms in total. The number of ether oxygens (including phenoxy) is 2. The average Bonchev–Trinajstić information content (AvgIpc) is 3.12. The van der Waals surface area contributed by atoms with Gasteiger partial charge in [-0.25, -0.2) is 0 Å². The van der Waals surface area contributed by atoms with E-state index in [0.29, 0.717) is 17.4 Å². The Hall–Kier alpha value is -2.37. The summed E-state index contributed by atoms with van der Waals surface area (Å²) in [7, 11) is 3.26. The molecule has 0 radical (unpaired) electrons. The highest BCUT2D eigenvalue weighted by Gasteiger charge is 2.23. The van der Waals surface area contributed by atoms with E-state index in [1.54, 1.807) is 26.4 Å². The molecule has 1 saturated heterocycles. The lowest BCUT2D eigenvalue weighted by Gasteiger charge is -2.25. The number of nitrogens with two attached hydrogens (primary N) is 1. The molecule has 2 N–H and O–H groups in total. The maximum Gasteiger partial charge on any atom is 0.163 e. The lowest BCUT2D eigenvalue weighted by molar-refractivity contribution is 0.101.